The second-order valence-electron chi connectivity index (χ2n) is 7.23. The summed E-state index contributed by atoms with van der Waals surface area (Å²) in [6.45, 7) is 11.6. The van der Waals surface area contributed by atoms with E-state index in [9.17, 15) is 0 Å². The molecule has 0 amide bonds. The monoisotopic (exact) mass is 344 g/mol. The third-order valence-corrected chi connectivity index (χ3v) is 6.51. The molecule has 1 aromatic carbocycles. The Kier molecular flexibility index (Phi) is 6.08. The summed E-state index contributed by atoms with van der Waals surface area (Å²) in [6.07, 6.45) is 8.07. The predicted molar refractivity (Wildman–Crippen MR) is 96.6 cm³/mol. The molecule has 1 aromatic rings. The molecule has 0 aliphatic heterocycles. The number of hydrogen-bond acceptors (Lipinski definition) is 0. The summed E-state index contributed by atoms with van der Waals surface area (Å²) < 4.78 is 0. The molecule has 0 aromatic heterocycles. The van der Waals surface area contributed by atoms with Crippen LogP contribution in [0.1, 0.15) is 42.4 Å². The zero-order valence-corrected chi connectivity index (χ0v) is 15.8. The van der Waals surface area contributed by atoms with Crippen molar-refractivity contribution >= 4 is 20.8 Å². The van der Waals surface area contributed by atoms with Gasteiger partial charge in [0.2, 0.25) is 0 Å². The molecule has 0 fully saturated rings. The van der Waals surface area contributed by atoms with E-state index >= 15 is 0 Å². The van der Waals surface area contributed by atoms with Crippen LogP contribution in [0, 0.1) is 13.8 Å². The standard InChI is InChI=1S/C17H30BrP/c1-15-11-12-16(2)17(14-15)10-8-6-7-9-13-19(3,4,5)18/h11-12,14H,6-10,13H2,1-5H3. The average molecular weight is 345 g/mol. The van der Waals surface area contributed by atoms with Crippen LogP contribution < -0.4 is 0 Å². The predicted octanol–water partition coefficient (Wildman–Crippen LogP) is 6.16. The number of benzene rings is 1. The van der Waals surface area contributed by atoms with Gasteiger partial charge in [-0.05, 0) is 0 Å². The quantitative estimate of drug-likeness (QED) is 0.410. The minimum absolute atomic E-state index is 1.25. The van der Waals surface area contributed by atoms with E-state index in [4.69, 9.17) is 0 Å². The molecule has 0 N–H and O–H groups in total. The van der Waals surface area contributed by atoms with Crippen LogP contribution >= 0.6 is 20.8 Å². The molecule has 0 spiro atoms. The Morgan fingerprint density at radius 3 is 2.21 bits per heavy atom. The van der Waals surface area contributed by atoms with Crippen LogP contribution in [0.2, 0.25) is 0 Å². The Hall–Kier alpha value is 0.130. The molecule has 110 valence electrons. The molecule has 2 heteroatoms. The summed E-state index contributed by atoms with van der Waals surface area (Å²) in [7, 11) is 0. The number of aryl methyl sites for hydroxylation is 3. The van der Waals surface area contributed by atoms with Gasteiger partial charge in [0.05, 0.1) is 0 Å². The SMILES string of the molecule is Cc1ccc(C)c(CCCCCCP(C)(C)(C)Br)c1. The molecule has 0 radical (unpaired) electrons. The third-order valence-electron chi connectivity index (χ3n) is 3.61. The van der Waals surface area contributed by atoms with E-state index in [1.807, 2.05) is 0 Å². The van der Waals surface area contributed by atoms with E-state index < -0.39 is 5.31 Å². The first-order valence-corrected chi connectivity index (χ1v) is 13.2. The van der Waals surface area contributed by atoms with Gasteiger partial charge in [-0.1, -0.05) is 0 Å². The zero-order valence-electron chi connectivity index (χ0n) is 13.3. The van der Waals surface area contributed by atoms with Crippen LogP contribution in [0.15, 0.2) is 18.2 Å². The summed E-state index contributed by atoms with van der Waals surface area (Å²) in [5, 5.41) is -1.44. The van der Waals surface area contributed by atoms with Crippen LogP contribution in [0.25, 0.3) is 0 Å². The molecule has 0 saturated heterocycles. The molecule has 0 bridgehead atoms. The first kappa shape index (κ1) is 17.2. The van der Waals surface area contributed by atoms with Crippen LogP contribution in [0.3, 0.4) is 0 Å². The Morgan fingerprint density at radius 1 is 0.947 bits per heavy atom. The summed E-state index contributed by atoms with van der Waals surface area (Å²) in [6, 6.07) is 6.82. The summed E-state index contributed by atoms with van der Waals surface area (Å²) in [4.78, 5) is 0. The van der Waals surface area contributed by atoms with Crippen LogP contribution in [0.5, 0.6) is 0 Å². The second-order valence-corrected chi connectivity index (χ2v) is 21.4. The van der Waals surface area contributed by atoms with Gasteiger partial charge < -0.3 is 0 Å². The summed E-state index contributed by atoms with van der Waals surface area (Å²) in [5.74, 6) is 0. The van der Waals surface area contributed by atoms with Gasteiger partial charge in [-0.3, -0.25) is 0 Å². The Balaban J connectivity index is 2.23. The third kappa shape index (κ3) is 8.10. The van der Waals surface area contributed by atoms with E-state index in [0.717, 1.165) is 0 Å². The fourth-order valence-corrected chi connectivity index (χ4v) is 4.43. The van der Waals surface area contributed by atoms with Crippen molar-refractivity contribution in [2.45, 2.75) is 46.0 Å². The van der Waals surface area contributed by atoms with Gasteiger partial charge in [-0.2, -0.15) is 0 Å². The molecular weight excluding hydrogens is 315 g/mol. The van der Waals surface area contributed by atoms with Crippen molar-refractivity contribution in [2.24, 2.45) is 0 Å². The zero-order chi connectivity index (χ0) is 14.5. The Bertz CT molecular complexity index is 406. The van der Waals surface area contributed by atoms with Gasteiger partial charge >= 0.3 is 128 Å². The van der Waals surface area contributed by atoms with Crippen molar-refractivity contribution in [1.82, 2.24) is 0 Å². The van der Waals surface area contributed by atoms with Crippen molar-refractivity contribution in [2.75, 3.05) is 26.2 Å². The Labute approximate surface area is 128 Å². The van der Waals surface area contributed by atoms with E-state index in [0.29, 0.717) is 0 Å². The van der Waals surface area contributed by atoms with Crippen molar-refractivity contribution in [3.05, 3.63) is 34.9 Å². The van der Waals surface area contributed by atoms with Gasteiger partial charge in [0, 0.05) is 0 Å². The van der Waals surface area contributed by atoms with Crippen molar-refractivity contribution in [3.63, 3.8) is 0 Å². The maximum absolute atomic E-state index is 3.94. The summed E-state index contributed by atoms with van der Waals surface area (Å²) >= 11 is 3.94. The number of unbranched alkanes of at least 4 members (excludes halogenated alkanes) is 3. The van der Waals surface area contributed by atoms with Gasteiger partial charge in [0.25, 0.3) is 0 Å². The van der Waals surface area contributed by atoms with Crippen LogP contribution in [-0.2, 0) is 6.42 Å². The van der Waals surface area contributed by atoms with E-state index in [-0.39, 0.29) is 0 Å². The fraction of sp³-hybridized carbons (Fsp3) is 0.647. The van der Waals surface area contributed by atoms with Crippen molar-refractivity contribution in [1.29, 1.82) is 0 Å². The second kappa shape index (κ2) is 6.72. The van der Waals surface area contributed by atoms with Gasteiger partial charge in [0.15, 0.2) is 0 Å². The van der Waals surface area contributed by atoms with E-state index in [1.165, 1.54) is 49.4 Å². The molecule has 0 nitrogen and oxygen atoms in total. The first-order valence-electron chi connectivity index (χ1n) is 7.42. The number of rotatable bonds is 7. The molecule has 0 unspecified atom stereocenters. The van der Waals surface area contributed by atoms with Crippen LogP contribution in [0.4, 0.5) is 0 Å². The minimum atomic E-state index is -1.44. The van der Waals surface area contributed by atoms with Crippen molar-refractivity contribution in [3.8, 4) is 0 Å². The molecule has 0 heterocycles. The molecule has 19 heavy (non-hydrogen) atoms. The van der Waals surface area contributed by atoms with Gasteiger partial charge in [-0.25, -0.2) is 0 Å². The molecular formula is C17H30BrP. The van der Waals surface area contributed by atoms with E-state index in [2.05, 4.69) is 67.5 Å². The van der Waals surface area contributed by atoms with Gasteiger partial charge in [0.1, 0.15) is 0 Å². The number of hydrogen-bond donors (Lipinski definition) is 0. The Morgan fingerprint density at radius 2 is 1.58 bits per heavy atom. The normalized spacial score (nSPS) is 14.1. The molecule has 0 aliphatic rings. The molecule has 0 saturated carbocycles. The molecule has 0 aliphatic carbocycles. The maximum atomic E-state index is 3.94. The average Bonchev–Trinajstić information content (AvgIpc) is 2.25. The van der Waals surface area contributed by atoms with Crippen LogP contribution in [-0.4, -0.2) is 26.2 Å². The fourth-order valence-electron chi connectivity index (χ4n) is 2.38. The molecule has 1 rings (SSSR count). The van der Waals surface area contributed by atoms with E-state index in [1.54, 1.807) is 5.56 Å². The molecule has 0 atom stereocenters. The summed E-state index contributed by atoms with van der Waals surface area (Å²) in [5.41, 5.74) is 4.38. The van der Waals surface area contributed by atoms with Crippen molar-refractivity contribution < 1.29 is 0 Å². The van der Waals surface area contributed by atoms with Gasteiger partial charge in [-0.15, -0.1) is 0 Å². The number of halogens is 1. The first-order chi connectivity index (χ1) is 8.63. The topological polar surface area (TPSA) is 0 Å².